The first-order chi connectivity index (χ1) is 16.0. The van der Waals surface area contributed by atoms with Crippen LogP contribution in [0.1, 0.15) is 29.5 Å². The Morgan fingerprint density at radius 1 is 1.15 bits per heavy atom. The Kier molecular flexibility index (Phi) is 6.58. The molecule has 4 rings (SSSR count). The molecule has 0 bridgehead atoms. The first kappa shape index (κ1) is 22.3. The summed E-state index contributed by atoms with van der Waals surface area (Å²) in [6, 6.07) is 10.5. The summed E-state index contributed by atoms with van der Waals surface area (Å²) in [5.74, 6) is 1.15. The predicted octanol–water partition coefficient (Wildman–Crippen LogP) is 2.09. The fraction of sp³-hybridized carbons (Fsp3) is 0.333. The van der Waals surface area contributed by atoms with Crippen molar-refractivity contribution in [2.24, 2.45) is 13.0 Å². The largest absolute Gasteiger partial charge is 0.497 e. The second-order valence-corrected chi connectivity index (χ2v) is 7.98. The maximum Gasteiger partial charge on any atom is 0.226 e. The molecule has 1 saturated heterocycles. The number of rotatable bonds is 8. The van der Waals surface area contributed by atoms with Gasteiger partial charge in [0.2, 0.25) is 11.8 Å². The van der Waals surface area contributed by atoms with Crippen LogP contribution in [-0.4, -0.2) is 52.0 Å². The average molecular weight is 450 g/mol. The van der Waals surface area contributed by atoms with E-state index in [-0.39, 0.29) is 18.2 Å². The second kappa shape index (κ2) is 9.72. The molecule has 1 aromatic carbocycles. The number of ether oxygens (including phenoxy) is 2. The van der Waals surface area contributed by atoms with Crippen LogP contribution in [0.25, 0.3) is 0 Å². The lowest BCUT2D eigenvalue weighted by molar-refractivity contribution is -0.129. The van der Waals surface area contributed by atoms with Crippen LogP contribution in [0.3, 0.4) is 0 Å². The van der Waals surface area contributed by atoms with Gasteiger partial charge in [0.05, 0.1) is 32.4 Å². The number of imidazole rings is 1. The van der Waals surface area contributed by atoms with Crippen molar-refractivity contribution in [3.05, 3.63) is 72.1 Å². The van der Waals surface area contributed by atoms with Crippen molar-refractivity contribution in [3.8, 4) is 11.5 Å². The number of amides is 2. The molecule has 3 aromatic rings. The predicted molar refractivity (Wildman–Crippen MR) is 121 cm³/mol. The molecule has 1 fully saturated rings. The van der Waals surface area contributed by atoms with E-state index >= 15 is 0 Å². The number of nitrogens with one attached hydrogen (secondary N) is 1. The van der Waals surface area contributed by atoms with Crippen LogP contribution < -0.4 is 14.8 Å². The fourth-order valence-electron chi connectivity index (χ4n) is 4.00. The molecule has 9 nitrogen and oxygen atoms in total. The number of benzene rings is 1. The zero-order chi connectivity index (χ0) is 23.4. The lowest BCUT2D eigenvalue weighted by atomic mass is 10.0. The number of carbonyl (C=O) groups is 2. The molecule has 1 N–H and O–H groups in total. The summed E-state index contributed by atoms with van der Waals surface area (Å²) in [6.45, 7) is 0.731. The van der Waals surface area contributed by atoms with E-state index in [1.807, 2.05) is 48.1 Å². The molecule has 3 heterocycles. The Morgan fingerprint density at radius 2 is 1.91 bits per heavy atom. The number of methoxy groups -OCH3 is 2. The van der Waals surface area contributed by atoms with Crippen LogP contribution in [0.2, 0.25) is 0 Å². The van der Waals surface area contributed by atoms with Gasteiger partial charge < -0.3 is 24.3 Å². The summed E-state index contributed by atoms with van der Waals surface area (Å²) in [7, 11) is 5.02. The number of carbonyl (C=O) groups excluding carboxylic acids is 2. The average Bonchev–Trinajstić information content (AvgIpc) is 3.42. The van der Waals surface area contributed by atoms with E-state index in [2.05, 4.69) is 15.3 Å². The first-order valence-corrected chi connectivity index (χ1v) is 10.7. The van der Waals surface area contributed by atoms with Gasteiger partial charge in [-0.15, -0.1) is 0 Å². The minimum absolute atomic E-state index is 0.0580. The van der Waals surface area contributed by atoms with E-state index in [0.29, 0.717) is 30.4 Å². The van der Waals surface area contributed by atoms with Crippen molar-refractivity contribution in [2.75, 3.05) is 20.8 Å². The highest BCUT2D eigenvalue weighted by molar-refractivity contribution is 5.89. The minimum Gasteiger partial charge on any atom is -0.497 e. The number of aryl methyl sites for hydroxylation is 1. The van der Waals surface area contributed by atoms with Gasteiger partial charge in [-0.05, 0) is 29.8 Å². The van der Waals surface area contributed by atoms with E-state index in [1.165, 1.54) is 0 Å². The van der Waals surface area contributed by atoms with E-state index in [0.717, 1.165) is 11.3 Å². The van der Waals surface area contributed by atoms with Crippen LogP contribution in [0.15, 0.2) is 55.0 Å². The zero-order valence-corrected chi connectivity index (χ0v) is 18.9. The van der Waals surface area contributed by atoms with E-state index < -0.39 is 12.0 Å². The normalized spacial score (nSPS) is 16.5. The van der Waals surface area contributed by atoms with Crippen molar-refractivity contribution < 1.29 is 19.1 Å². The number of hydrogen-bond acceptors (Lipinski definition) is 6. The minimum atomic E-state index is -0.540. The van der Waals surface area contributed by atoms with Gasteiger partial charge in [0.15, 0.2) is 0 Å². The molecule has 33 heavy (non-hydrogen) atoms. The molecular weight excluding hydrogens is 422 g/mol. The summed E-state index contributed by atoms with van der Waals surface area (Å²) < 4.78 is 12.7. The van der Waals surface area contributed by atoms with Gasteiger partial charge in [0.25, 0.3) is 0 Å². The van der Waals surface area contributed by atoms with Crippen molar-refractivity contribution >= 4 is 11.8 Å². The van der Waals surface area contributed by atoms with Crippen molar-refractivity contribution in [1.82, 2.24) is 24.8 Å². The Morgan fingerprint density at radius 3 is 2.52 bits per heavy atom. The molecule has 2 amide bonds. The molecule has 0 saturated carbocycles. The summed E-state index contributed by atoms with van der Waals surface area (Å²) in [6.07, 6.45) is 5.35. The lowest BCUT2D eigenvalue weighted by Gasteiger charge is -2.22. The number of pyridine rings is 1. The molecule has 1 aliphatic heterocycles. The highest BCUT2D eigenvalue weighted by atomic mass is 16.5. The maximum atomic E-state index is 13.3. The number of aromatic nitrogens is 3. The third-order valence-corrected chi connectivity index (χ3v) is 5.77. The monoisotopic (exact) mass is 449 g/mol. The zero-order valence-electron chi connectivity index (χ0n) is 18.9. The highest BCUT2D eigenvalue weighted by Gasteiger charge is 2.36. The summed E-state index contributed by atoms with van der Waals surface area (Å²) in [4.78, 5) is 36.3. The van der Waals surface area contributed by atoms with Crippen molar-refractivity contribution in [1.29, 1.82) is 0 Å². The molecule has 0 spiro atoms. The molecule has 0 aliphatic carbocycles. The van der Waals surface area contributed by atoms with E-state index in [4.69, 9.17) is 9.47 Å². The number of likely N-dealkylation sites (tertiary alicyclic amines) is 1. The summed E-state index contributed by atoms with van der Waals surface area (Å²) in [5.41, 5.74) is 1.56. The van der Waals surface area contributed by atoms with Gasteiger partial charge in [0.1, 0.15) is 23.4 Å². The molecular formula is C24H27N5O4. The molecule has 2 atom stereocenters. The highest BCUT2D eigenvalue weighted by Crippen LogP contribution is 2.30. The van der Waals surface area contributed by atoms with Crippen LogP contribution in [0, 0.1) is 5.92 Å². The third-order valence-electron chi connectivity index (χ3n) is 5.77. The van der Waals surface area contributed by atoms with Gasteiger partial charge >= 0.3 is 0 Å². The molecule has 9 heteroatoms. The molecule has 172 valence electrons. The molecule has 1 aliphatic rings. The standard InChI is InChI=1S/C24H27N5O4/c1-28-9-8-26-23(28)22(16-10-19(32-2)13-20(11-16)33-3)27-24(31)17-12-21(30)29(14-17)15-18-6-4-5-7-25-18/h4-11,13,17,22H,12,14-15H2,1-3H3,(H,27,31). The summed E-state index contributed by atoms with van der Waals surface area (Å²) >= 11 is 0. The summed E-state index contributed by atoms with van der Waals surface area (Å²) in [5, 5.41) is 3.10. The number of nitrogens with zero attached hydrogens (tertiary/aromatic N) is 4. The van der Waals surface area contributed by atoms with Gasteiger partial charge in [-0.2, -0.15) is 0 Å². The Balaban J connectivity index is 1.55. The smallest absolute Gasteiger partial charge is 0.226 e. The van der Waals surface area contributed by atoms with Crippen LogP contribution in [0.5, 0.6) is 11.5 Å². The first-order valence-electron chi connectivity index (χ1n) is 10.7. The Hall–Kier alpha value is -3.88. The van der Waals surface area contributed by atoms with Gasteiger partial charge in [-0.25, -0.2) is 4.98 Å². The van der Waals surface area contributed by atoms with Crippen molar-refractivity contribution in [3.63, 3.8) is 0 Å². The fourth-order valence-corrected chi connectivity index (χ4v) is 4.00. The van der Waals surface area contributed by atoms with E-state index in [1.54, 1.807) is 37.6 Å². The number of hydrogen-bond donors (Lipinski definition) is 1. The van der Waals surface area contributed by atoms with Gasteiger partial charge in [-0.3, -0.25) is 14.6 Å². The second-order valence-electron chi connectivity index (χ2n) is 7.98. The SMILES string of the molecule is COc1cc(OC)cc(C(NC(=O)C2CC(=O)N(Cc3ccccn3)C2)c2nccn2C)c1. The van der Waals surface area contributed by atoms with Crippen LogP contribution in [-0.2, 0) is 23.2 Å². The van der Waals surface area contributed by atoms with Crippen LogP contribution in [0.4, 0.5) is 0 Å². The molecule has 2 aromatic heterocycles. The van der Waals surface area contributed by atoms with E-state index in [9.17, 15) is 9.59 Å². The molecule has 2 unspecified atom stereocenters. The maximum absolute atomic E-state index is 13.3. The quantitative estimate of drug-likeness (QED) is 0.566. The van der Waals surface area contributed by atoms with Gasteiger partial charge in [-0.1, -0.05) is 6.07 Å². The van der Waals surface area contributed by atoms with Crippen LogP contribution >= 0.6 is 0 Å². The lowest BCUT2D eigenvalue weighted by Crippen LogP contribution is -2.37. The Bertz CT molecular complexity index is 1110. The van der Waals surface area contributed by atoms with Gasteiger partial charge in [0, 0.05) is 44.7 Å². The topological polar surface area (TPSA) is 98.6 Å². The third kappa shape index (κ3) is 4.97. The van der Waals surface area contributed by atoms with Crippen molar-refractivity contribution in [2.45, 2.75) is 19.0 Å². The molecule has 0 radical (unpaired) electrons. The Labute approximate surface area is 192 Å².